The highest BCUT2D eigenvalue weighted by molar-refractivity contribution is 5.68. The molecule has 0 aromatic carbocycles. The van der Waals surface area contributed by atoms with Crippen molar-refractivity contribution in [1.82, 2.24) is 5.32 Å². The molecule has 1 atom stereocenters. The van der Waals surface area contributed by atoms with E-state index in [1.165, 1.54) is 0 Å². The lowest BCUT2D eigenvalue weighted by molar-refractivity contribution is -0.147. The molecule has 1 aliphatic heterocycles. The van der Waals surface area contributed by atoms with E-state index in [2.05, 4.69) is 11.2 Å². The van der Waals surface area contributed by atoms with Crippen LogP contribution in [0.2, 0.25) is 0 Å². The van der Waals surface area contributed by atoms with E-state index in [4.69, 9.17) is 16.3 Å². The number of aliphatic carboxylic acids is 1. The fraction of sp³-hybridized carbons (Fsp3) is 0.667. The number of carboxylic acids is 1. The van der Waals surface area contributed by atoms with E-state index in [9.17, 15) is 4.79 Å². The SMILES string of the molecule is C#CC(C)NC1(CC(=O)O)COC1. The van der Waals surface area contributed by atoms with E-state index in [-0.39, 0.29) is 12.5 Å². The molecule has 0 radical (unpaired) electrons. The summed E-state index contributed by atoms with van der Waals surface area (Å²) >= 11 is 0. The third kappa shape index (κ3) is 2.44. The highest BCUT2D eigenvalue weighted by atomic mass is 16.5. The minimum Gasteiger partial charge on any atom is -0.481 e. The first-order valence-electron chi connectivity index (χ1n) is 4.11. The molecule has 0 aliphatic carbocycles. The standard InChI is InChI=1S/C9H13NO3/c1-3-7(2)10-9(4-8(11)12)5-13-6-9/h1,7,10H,4-6H2,2H3,(H,11,12). The molecule has 0 aromatic rings. The predicted octanol–water partition coefficient (Wildman–Crippen LogP) is -0.159. The first kappa shape index (κ1) is 10.0. The van der Waals surface area contributed by atoms with Crippen molar-refractivity contribution in [2.45, 2.75) is 24.9 Å². The molecule has 4 nitrogen and oxygen atoms in total. The summed E-state index contributed by atoms with van der Waals surface area (Å²) in [4.78, 5) is 10.5. The van der Waals surface area contributed by atoms with E-state index in [0.717, 1.165) is 0 Å². The molecular formula is C9H13NO3. The minimum atomic E-state index is -0.833. The maximum Gasteiger partial charge on any atom is 0.305 e. The molecule has 1 rings (SSSR count). The lowest BCUT2D eigenvalue weighted by atomic mass is 9.92. The van der Waals surface area contributed by atoms with Crippen molar-refractivity contribution < 1.29 is 14.6 Å². The lowest BCUT2D eigenvalue weighted by Crippen LogP contribution is -2.63. The van der Waals surface area contributed by atoms with Crippen LogP contribution in [0.25, 0.3) is 0 Å². The Hall–Kier alpha value is -1.05. The van der Waals surface area contributed by atoms with Crippen molar-refractivity contribution >= 4 is 5.97 Å². The molecule has 0 amide bonds. The summed E-state index contributed by atoms with van der Waals surface area (Å²) in [7, 11) is 0. The molecule has 1 saturated heterocycles. The fourth-order valence-electron chi connectivity index (χ4n) is 1.38. The maximum absolute atomic E-state index is 10.5. The molecular weight excluding hydrogens is 170 g/mol. The van der Waals surface area contributed by atoms with Crippen LogP contribution < -0.4 is 5.32 Å². The second-order valence-electron chi connectivity index (χ2n) is 3.38. The monoisotopic (exact) mass is 183 g/mol. The van der Waals surface area contributed by atoms with Gasteiger partial charge in [-0.2, -0.15) is 0 Å². The third-order valence-electron chi connectivity index (χ3n) is 2.02. The van der Waals surface area contributed by atoms with Crippen LogP contribution in [0.1, 0.15) is 13.3 Å². The molecule has 13 heavy (non-hydrogen) atoms. The smallest absolute Gasteiger partial charge is 0.305 e. The van der Waals surface area contributed by atoms with Gasteiger partial charge in [0.05, 0.1) is 31.2 Å². The van der Waals surface area contributed by atoms with Crippen molar-refractivity contribution in [3.05, 3.63) is 0 Å². The van der Waals surface area contributed by atoms with Crippen LogP contribution in [-0.2, 0) is 9.53 Å². The van der Waals surface area contributed by atoms with Crippen LogP contribution in [0, 0.1) is 12.3 Å². The highest BCUT2D eigenvalue weighted by Crippen LogP contribution is 2.21. The first-order valence-corrected chi connectivity index (χ1v) is 4.11. The molecule has 0 saturated carbocycles. The van der Waals surface area contributed by atoms with Crippen molar-refractivity contribution in [3.63, 3.8) is 0 Å². The van der Waals surface area contributed by atoms with Gasteiger partial charge in [0.2, 0.25) is 0 Å². The van der Waals surface area contributed by atoms with Crippen molar-refractivity contribution in [2.75, 3.05) is 13.2 Å². The van der Waals surface area contributed by atoms with Crippen LogP contribution in [0.5, 0.6) is 0 Å². The maximum atomic E-state index is 10.5. The van der Waals surface area contributed by atoms with Gasteiger partial charge < -0.3 is 9.84 Å². The first-order chi connectivity index (χ1) is 6.08. The normalized spacial score (nSPS) is 21.2. The quantitative estimate of drug-likeness (QED) is 0.595. The van der Waals surface area contributed by atoms with Gasteiger partial charge in [0.1, 0.15) is 0 Å². The molecule has 1 aliphatic rings. The van der Waals surface area contributed by atoms with Gasteiger partial charge in [-0.05, 0) is 6.92 Å². The average Bonchev–Trinajstić information content (AvgIpc) is 1.99. The zero-order valence-corrected chi connectivity index (χ0v) is 7.54. The Labute approximate surface area is 77.3 Å². The second-order valence-corrected chi connectivity index (χ2v) is 3.38. The molecule has 72 valence electrons. The van der Waals surface area contributed by atoms with Crippen molar-refractivity contribution in [1.29, 1.82) is 0 Å². The van der Waals surface area contributed by atoms with E-state index in [0.29, 0.717) is 13.2 Å². The molecule has 4 heteroatoms. The summed E-state index contributed by atoms with van der Waals surface area (Å²) < 4.78 is 4.99. The molecule has 2 N–H and O–H groups in total. The zero-order valence-electron chi connectivity index (χ0n) is 7.54. The van der Waals surface area contributed by atoms with E-state index in [1.54, 1.807) is 0 Å². The lowest BCUT2D eigenvalue weighted by Gasteiger charge is -2.42. The molecule has 1 unspecified atom stereocenters. The Bertz CT molecular complexity index is 240. The Kier molecular flexibility index (Phi) is 2.91. The number of ether oxygens (including phenoxy) is 1. The summed E-state index contributed by atoms with van der Waals surface area (Å²) in [6.07, 6.45) is 5.24. The Morgan fingerprint density at radius 2 is 2.46 bits per heavy atom. The van der Waals surface area contributed by atoms with Crippen LogP contribution in [0.3, 0.4) is 0 Å². The van der Waals surface area contributed by atoms with Gasteiger partial charge in [0.25, 0.3) is 0 Å². The van der Waals surface area contributed by atoms with E-state index in [1.807, 2.05) is 6.92 Å². The van der Waals surface area contributed by atoms with Gasteiger partial charge >= 0.3 is 5.97 Å². The van der Waals surface area contributed by atoms with Crippen LogP contribution in [-0.4, -0.2) is 35.9 Å². The number of hydrogen-bond donors (Lipinski definition) is 2. The van der Waals surface area contributed by atoms with Gasteiger partial charge in [-0.3, -0.25) is 10.1 Å². The van der Waals surface area contributed by atoms with Gasteiger partial charge in [0.15, 0.2) is 0 Å². The van der Waals surface area contributed by atoms with E-state index >= 15 is 0 Å². The van der Waals surface area contributed by atoms with Crippen LogP contribution >= 0.6 is 0 Å². The highest BCUT2D eigenvalue weighted by Gasteiger charge is 2.41. The van der Waals surface area contributed by atoms with Gasteiger partial charge in [0, 0.05) is 0 Å². The number of terminal acetylenes is 1. The topological polar surface area (TPSA) is 58.6 Å². The number of carbonyl (C=O) groups is 1. The summed E-state index contributed by atoms with van der Waals surface area (Å²) in [5, 5.41) is 11.7. The Morgan fingerprint density at radius 1 is 1.85 bits per heavy atom. The number of carboxylic acid groups (broad SMARTS) is 1. The molecule has 1 heterocycles. The van der Waals surface area contributed by atoms with Gasteiger partial charge in [-0.25, -0.2) is 0 Å². The fourth-order valence-corrected chi connectivity index (χ4v) is 1.38. The summed E-state index contributed by atoms with van der Waals surface area (Å²) in [5.41, 5.74) is -0.447. The summed E-state index contributed by atoms with van der Waals surface area (Å²) in [6.45, 7) is 2.67. The zero-order chi connectivity index (χ0) is 9.90. The molecule has 1 fully saturated rings. The largest absolute Gasteiger partial charge is 0.481 e. The third-order valence-corrected chi connectivity index (χ3v) is 2.02. The van der Waals surface area contributed by atoms with Crippen LogP contribution in [0.15, 0.2) is 0 Å². The Morgan fingerprint density at radius 3 is 2.77 bits per heavy atom. The summed E-state index contributed by atoms with van der Waals surface area (Å²) in [5.74, 6) is 1.67. The average molecular weight is 183 g/mol. The van der Waals surface area contributed by atoms with Crippen molar-refractivity contribution in [2.24, 2.45) is 0 Å². The van der Waals surface area contributed by atoms with Gasteiger partial charge in [-0.15, -0.1) is 6.42 Å². The molecule has 0 spiro atoms. The summed E-state index contributed by atoms with van der Waals surface area (Å²) in [6, 6.07) is -0.122. The van der Waals surface area contributed by atoms with Crippen LogP contribution in [0.4, 0.5) is 0 Å². The number of hydrogen-bond acceptors (Lipinski definition) is 3. The number of rotatable bonds is 4. The van der Waals surface area contributed by atoms with Gasteiger partial charge in [-0.1, -0.05) is 5.92 Å². The molecule has 0 bridgehead atoms. The Balaban J connectivity index is 2.50. The number of nitrogens with one attached hydrogen (secondary N) is 1. The van der Waals surface area contributed by atoms with Crippen molar-refractivity contribution in [3.8, 4) is 12.3 Å². The second kappa shape index (κ2) is 3.77. The predicted molar refractivity (Wildman–Crippen MR) is 47.2 cm³/mol. The molecule has 0 aromatic heterocycles. The minimum absolute atomic E-state index is 0.0546. The van der Waals surface area contributed by atoms with E-state index < -0.39 is 11.5 Å².